The molecular formula is C8H13F2N3O2. The Morgan fingerprint density at radius 1 is 1.47 bits per heavy atom. The van der Waals surface area contributed by atoms with Crippen molar-refractivity contribution in [2.45, 2.75) is 39.5 Å². The van der Waals surface area contributed by atoms with Crippen molar-refractivity contribution in [2.75, 3.05) is 0 Å². The minimum Gasteiger partial charge on any atom is -0.388 e. The number of aliphatic hydroxyl groups excluding tert-OH is 1. The molecule has 5 nitrogen and oxygen atoms in total. The van der Waals surface area contributed by atoms with Crippen LogP contribution in [0.5, 0.6) is 0 Å². The van der Waals surface area contributed by atoms with Crippen molar-refractivity contribution < 1.29 is 13.9 Å². The molecule has 0 saturated heterocycles. The fourth-order valence-corrected chi connectivity index (χ4v) is 1.23. The molecule has 0 spiro atoms. The van der Waals surface area contributed by atoms with E-state index < -0.39 is 25.3 Å². The Morgan fingerprint density at radius 3 is 2.47 bits per heavy atom. The molecule has 0 aliphatic heterocycles. The number of aliphatic hydroxyl groups is 1. The van der Waals surface area contributed by atoms with Gasteiger partial charge in [-0.15, -0.1) is 0 Å². The lowest BCUT2D eigenvalue weighted by atomic mass is 10.4. The molecule has 15 heavy (non-hydrogen) atoms. The summed E-state index contributed by atoms with van der Waals surface area (Å²) < 4.78 is 26.2. The minimum atomic E-state index is -2.64. The van der Waals surface area contributed by atoms with Gasteiger partial charge in [-0.2, -0.15) is 5.10 Å². The summed E-state index contributed by atoms with van der Waals surface area (Å²) in [5, 5.41) is 12.6. The van der Waals surface area contributed by atoms with E-state index in [1.807, 2.05) is 0 Å². The predicted molar refractivity (Wildman–Crippen MR) is 48.8 cm³/mol. The van der Waals surface area contributed by atoms with Crippen LogP contribution in [0.3, 0.4) is 0 Å². The molecular weight excluding hydrogens is 208 g/mol. The van der Waals surface area contributed by atoms with Gasteiger partial charge in [-0.1, -0.05) is 0 Å². The number of hydrogen-bond donors (Lipinski definition) is 1. The normalized spacial score (nSPS) is 11.7. The summed E-state index contributed by atoms with van der Waals surface area (Å²) in [7, 11) is 0. The fraction of sp³-hybridized carbons (Fsp3) is 0.750. The highest BCUT2D eigenvalue weighted by atomic mass is 19.3. The predicted octanol–water partition coefficient (Wildman–Crippen LogP) is 0.383. The van der Waals surface area contributed by atoms with E-state index in [9.17, 15) is 13.6 Å². The van der Waals surface area contributed by atoms with Crippen LogP contribution in [-0.2, 0) is 13.2 Å². The molecule has 1 aromatic heterocycles. The van der Waals surface area contributed by atoms with Crippen molar-refractivity contribution in [1.29, 1.82) is 0 Å². The van der Waals surface area contributed by atoms with Crippen LogP contribution in [0, 0.1) is 0 Å². The van der Waals surface area contributed by atoms with Crippen molar-refractivity contribution in [3.8, 4) is 0 Å². The van der Waals surface area contributed by atoms with E-state index in [-0.39, 0.29) is 11.9 Å². The Balaban J connectivity index is 3.18. The lowest BCUT2D eigenvalue weighted by Crippen LogP contribution is -2.28. The van der Waals surface area contributed by atoms with Gasteiger partial charge in [0.25, 0.3) is 6.43 Å². The highest BCUT2D eigenvalue weighted by molar-refractivity contribution is 4.86. The standard InChI is InChI=1S/C8H13F2N3O2/c1-5(2)13-8(15)12(3-6(9)10)7(4-14)11-13/h5-6,14H,3-4H2,1-2H3. The van der Waals surface area contributed by atoms with Crippen LogP contribution < -0.4 is 5.69 Å². The minimum absolute atomic E-state index is 0.0333. The summed E-state index contributed by atoms with van der Waals surface area (Å²) in [5.74, 6) is -0.0333. The third kappa shape index (κ3) is 2.41. The smallest absolute Gasteiger partial charge is 0.346 e. The van der Waals surface area contributed by atoms with Crippen molar-refractivity contribution >= 4 is 0 Å². The quantitative estimate of drug-likeness (QED) is 0.799. The number of aromatic nitrogens is 3. The third-order valence-corrected chi connectivity index (χ3v) is 1.91. The van der Waals surface area contributed by atoms with E-state index in [2.05, 4.69) is 5.10 Å². The first-order valence-corrected chi connectivity index (χ1v) is 4.54. The maximum atomic E-state index is 12.1. The molecule has 0 saturated carbocycles. The van der Waals surface area contributed by atoms with Gasteiger partial charge in [-0.25, -0.2) is 18.3 Å². The number of halogens is 2. The molecule has 0 aliphatic carbocycles. The number of rotatable bonds is 4. The molecule has 0 radical (unpaired) electrons. The van der Waals surface area contributed by atoms with E-state index in [0.717, 1.165) is 9.25 Å². The maximum absolute atomic E-state index is 12.1. The second kappa shape index (κ2) is 4.52. The Hall–Kier alpha value is -1.24. The van der Waals surface area contributed by atoms with E-state index in [1.165, 1.54) is 0 Å². The first-order valence-electron chi connectivity index (χ1n) is 4.54. The molecule has 0 aliphatic rings. The second-order valence-corrected chi connectivity index (χ2v) is 3.40. The zero-order chi connectivity index (χ0) is 11.6. The third-order valence-electron chi connectivity index (χ3n) is 1.91. The number of hydrogen-bond acceptors (Lipinski definition) is 3. The first kappa shape index (κ1) is 11.8. The Bertz CT molecular complexity index is 384. The molecule has 0 unspecified atom stereocenters. The van der Waals surface area contributed by atoms with Gasteiger partial charge >= 0.3 is 5.69 Å². The zero-order valence-electron chi connectivity index (χ0n) is 8.52. The molecule has 0 amide bonds. The average molecular weight is 221 g/mol. The largest absolute Gasteiger partial charge is 0.388 e. The topological polar surface area (TPSA) is 60.0 Å². The summed E-state index contributed by atoms with van der Waals surface area (Å²) in [5.41, 5.74) is -0.616. The molecule has 86 valence electrons. The Kier molecular flexibility index (Phi) is 3.57. The molecule has 0 bridgehead atoms. The van der Waals surface area contributed by atoms with E-state index in [1.54, 1.807) is 13.8 Å². The SMILES string of the molecule is CC(C)n1nc(CO)n(CC(F)F)c1=O. The number of nitrogens with zero attached hydrogens (tertiary/aromatic N) is 3. The van der Waals surface area contributed by atoms with Gasteiger partial charge in [0.1, 0.15) is 6.61 Å². The van der Waals surface area contributed by atoms with Gasteiger partial charge in [-0.05, 0) is 13.8 Å². The van der Waals surface area contributed by atoms with Crippen molar-refractivity contribution in [3.63, 3.8) is 0 Å². The highest BCUT2D eigenvalue weighted by Crippen LogP contribution is 2.03. The molecule has 1 rings (SSSR count). The second-order valence-electron chi connectivity index (χ2n) is 3.40. The van der Waals surface area contributed by atoms with Crippen molar-refractivity contribution in [2.24, 2.45) is 0 Å². The van der Waals surface area contributed by atoms with Gasteiger partial charge in [0.2, 0.25) is 0 Å². The number of alkyl halides is 2. The van der Waals surface area contributed by atoms with Crippen LogP contribution in [0.2, 0.25) is 0 Å². The van der Waals surface area contributed by atoms with Crippen molar-refractivity contribution in [3.05, 3.63) is 16.3 Å². The summed E-state index contributed by atoms with van der Waals surface area (Å²) >= 11 is 0. The van der Waals surface area contributed by atoms with Crippen LogP contribution >= 0.6 is 0 Å². The summed E-state index contributed by atoms with van der Waals surface area (Å²) in [4.78, 5) is 11.5. The van der Waals surface area contributed by atoms with Crippen LogP contribution in [0.4, 0.5) is 8.78 Å². The summed E-state index contributed by atoms with van der Waals surface area (Å²) in [6, 6.07) is -0.221. The fourth-order valence-electron chi connectivity index (χ4n) is 1.23. The van der Waals surface area contributed by atoms with E-state index in [4.69, 9.17) is 5.11 Å². The lowest BCUT2D eigenvalue weighted by molar-refractivity contribution is 0.121. The average Bonchev–Trinajstić information content (AvgIpc) is 2.43. The molecule has 1 N–H and O–H groups in total. The van der Waals surface area contributed by atoms with Gasteiger partial charge in [0.15, 0.2) is 5.82 Å². The van der Waals surface area contributed by atoms with E-state index >= 15 is 0 Å². The zero-order valence-corrected chi connectivity index (χ0v) is 8.52. The van der Waals surface area contributed by atoms with E-state index in [0.29, 0.717) is 0 Å². The highest BCUT2D eigenvalue weighted by Gasteiger charge is 2.17. The Morgan fingerprint density at radius 2 is 2.07 bits per heavy atom. The van der Waals surface area contributed by atoms with Gasteiger partial charge in [-0.3, -0.25) is 4.57 Å². The first-order chi connectivity index (χ1) is 6.97. The van der Waals surface area contributed by atoms with Gasteiger partial charge in [0, 0.05) is 0 Å². The lowest BCUT2D eigenvalue weighted by Gasteiger charge is -2.02. The Labute approximate surface area is 84.9 Å². The van der Waals surface area contributed by atoms with Crippen LogP contribution in [0.25, 0.3) is 0 Å². The van der Waals surface area contributed by atoms with Gasteiger partial charge in [0.05, 0.1) is 12.6 Å². The monoisotopic (exact) mass is 221 g/mol. The summed E-state index contributed by atoms with van der Waals surface area (Å²) in [6.45, 7) is 2.16. The van der Waals surface area contributed by atoms with Gasteiger partial charge < -0.3 is 5.11 Å². The van der Waals surface area contributed by atoms with Crippen molar-refractivity contribution in [1.82, 2.24) is 14.3 Å². The van der Waals surface area contributed by atoms with Crippen LogP contribution in [0.1, 0.15) is 25.7 Å². The summed E-state index contributed by atoms with van der Waals surface area (Å²) in [6.07, 6.45) is -2.64. The molecule has 7 heteroatoms. The van der Waals surface area contributed by atoms with Crippen LogP contribution in [0.15, 0.2) is 4.79 Å². The van der Waals surface area contributed by atoms with Crippen LogP contribution in [-0.4, -0.2) is 25.9 Å². The molecule has 0 atom stereocenters. The molecule has 1 aromatic rings. The molecule has 0 aromatic carbocycles. The molecule has 0 fully saturated rings. The maximum Gasteiger partial charge on any atom is 0.346 e. The molecule has 1 heterocycles.